The zero-order valence-corrected chi connectivity index (χ0v) is 7.91. The SMILES string of the molecule is C[C@H]1N[C@@H]([C@H](O)CO)[C@H](O)[C@@H](O)[C@H]1O. The van der Waals surface area contributed by atoms with Crippen LogP contribution in [0.4, 0.5) is 0 Å². The lowest BCUT2D eigenvalue weighted by molar-refractivity contribution is -0.132. The molecule has 1 saturated heterocycles. The number of aliphatic hydroxyl groups excluding tert-OH is 5. The number of aliphatic hydroxyl groups is 5. The first-order chi connectivity index (χ1) is 6.49. The van der Waals surface area contributed by atoms with Crippen molar-refractivity contribution >= 4 is 0 Å². The van der Waals surface area contributed by atoms with Crippen molar-refractivity contribution in [2.75, 3.05) is 6.61 Å². The highest BCUT2D eigenvalue weighted by Gasteiger charge is 2.42. The lowest BCUT2D eigenvalue weighted by atomic mass is 9.88. The number of piperidine rings is 1. The third kappa shape index (κ3) is 2.05. The van der Waals surface area contributed by atoms with E-state index in [0.717, 1.165) is 0 Å². The third-order valence-electron chi connectivity index (χ3n) is 2.64. The molecule has 6 N–H and O–H groups in total. The van der Waals surface area contributed by atoms with Gasteiger partial charge in [-0.1, -0.05) is 0 Å². The first kappa shape index (κ1) is 11.8. The fourth-order valence-electron chi connectivity index (χ4n) is 1.66. The first-order valence-electron chi connectivity index (χ1n) is 4.58. The topological polar surface area (TPSA) is 113 Å². The zero-order valence-electron chi connectivity index (χ0n) is 7.91. The van der Waals surface area contributed by atoms with Gasteiger partial charge in [-0.3, -0.25) is 0 Å². The van der Waals surface area contributed by atoms with E-state index in [0.29, 0.717) is 0 Å². The first-order valence-corrected chi connectivity index (χ1v) is 4.58. The Morgan fingerprint density at radius 2 is 1.71 bits per heavy atom. The van der Waals surface area contributed by atoms with Crippen molar-refractivity contribution < 1.29 is 25.5 Å². The largest absolute Gasteiger partial charge is 0.394 e. The molecule has 6 nitrogen and oxygen atoms in total. The van der Waals surface area contributed by atoms with Crippen molar-refractivity contribution in [2.45, 2.75) is 43.4 Å². The van der Waals surface area contributed by atoms with Gasteiger partial charge in [-0.2, -0.15) is 0 Å². The average molecular weight is 207 g/mol. The van der Waals surface area contributed by atoms with Crippen molar-refractivity contribution in [3.05, 3.63) is 0 Å². The molecule has 1 aliphatic heterocycles. The highest BCUT2D eigenvalue weighted by Crippen LogP contribution is 2.17. The quantitative estimate of drug-likeness (QED) is 0.284. The highest BCUT2D eigenvalue weighted by molar-refractivity contribution is 4.99. The van der Waals surface area contributed by atoms with Crippen LogP contribution < -0.4 is 5.32 Å². The maximum absolute atomic E-state index is 9.48. The molecule has 0 saturated carbocycles. The summed E-state index contributed by atoms with van der Waals surface area (Å²) in [7, 11) is 0. The van der Waals surface area contributed by atoms with E-state index in [-0.39, 0.29) is 0 Å². The maximum Gasteiger partial charge on any atom is 0.109 e. The second kappa shape index (κ2) is 4.52. The molecule has 0 radical (unpaired) electrons. The van der Waals surface area contributed by atoms with Gasteiger partial charge in [0.05, 0.1) is 24.9 Å². The molecule has 0 spiro atoms. The summed E-state index contributed by atoms with van der Waals surface area (Å²) >= 11 is 0. The number of hydrogen-bond donors (Lipinski definition) is 6. The summed E-state index contributed by atoms with van der Waals surface area (Å²) < 4.78 is 0. The van der Waals surface area contributed by atoms with Crippen LogP contribution in [0, 0.1) is 0 Å². The molecule has 0 unspecified atom stereocenters. The van der Waals surface area contributed by atoms with Gasteiger partial charge in [-0.25, -0.2) is 0 Å². The van der Waals surface area contributed by atoms with Crippen LogP contribution in [0.3, 0.4) is 0 Å². The van der Waals surface area contributed by atoms with E-state index >= 15 is 0 Å². The van der Waals surface area contributed by atoms with Crippen LogP contribution in [0.2, 0.25) is 0 Å². The van der Waals surface area contributed by atoms with E-state index in [1.165, 1.54) is 0 Å². The molecule has 0 bridgehead atoms. The van der Waals surface area contributed by atoms with Crippen LogP contribution in [0.5, 0.6) is 0 Å². The molecule has 0 aromatic heterocycles. The summed E-state index contributed by atoms with van der Waals surface area (Å²) in [4.78, 5) is 0. The summed E-state index contributed by atoms with van der Waals surface area (Å²) in [6, 6.07) is -1.27. The molecule has 0 aromatic rings. The van der Waals surface area contributed by atoms with Crippen molar-refractivity contribution in [3.63, 3.8) is 0 Å². The van der Waals surface area contributed by atoms with Crippen LogP contribution in [-0.2, 0) is 0 Å². The molecule has 0 amide bonds. The minimum Gasteiger partial charge on any atom is -0.394 e. The van der Waals surface area contributed by atoms with Gasteiger partial charge >= 0.3 is 0 Å². The monoisotopic (exact) mass is 207 g/mol. The molecule has 0 aromatic carbocycles. The van der Waals surface area contributed by atoms with Crippen molar-refractivity contribution in [1.82, 2.24) is 5.32 Å². The Bertz CT molecular complexity index is 191. The summed E-state index contributed by atoms with van der Waals surface area (Å²) in [5.41, 5.74) is 0. The van der Waals surface area contributed by atoms with Gasteiger partial charge < -0.3 is 30.8 Å². The van der Waals surface area contributed by atoms with E-state index < -0.39 is 43.1 Å². The second-order valence-electron chi connectivity index (χ2n) is 3.70. The molecule has 1 fully saturated rings. The van der Waals surface area contributed by atoms with Gasteiger partial charge in [0, 0.05) is 6.04 Å². The zero-order chi connectivity index (χ0) is 10.9. The molecule has 6 atom stereocenters. The molecule has 1 rings (SSSR count). The van der Waals surface area contributed by atoms with Crippen LogP contribution in [0.1, 0.15) is 6.92 Å². The minimum absolute atomic E-state index is 0.445. The average Bonchev–Trinajstić information content (AvgIpc) is 2.19. The van der Waals surface area contributed by atoms with Crippen LogP contribution in [-0.4, -0.2) is 68.6 Å². The fourth-order valence-corrected chi connectivity index (χ4v) is 1.66. The maximum atomic E-state index is 9.48. The third-order valence-corrected chi connectivity index (χ3v) is 2.64. The van der Waals surface area contributed by atoms with E-state index in [2.05, 4.69) is 5.32 Å². The van der Waals surface area contributed by atoms with E-state index in [4.69, 9.17) is 5.11 Å². The lowest BCUT2D eigenvalue weighted by Gasteiger charge is -2.41. The van der Waals surface area contributed by atoms with Crippen LogP contribution in [0.25, 0.3) is 0 Å². The Kier molecular flexibility index (Phi) is 3.82. The Balaban J connectivity index is 2.70. The Morgan fingerprint density at radius 3 is 2.21 bits per heavy atom. The minimum atomic E-state index is -1.31. The van der Waals surface area contributed by atoms with Gasteiger partial charge in [0.2, 0.25) is 0 Å². The Hall–Kier alpha value is -0.240. The van der Waals surface area contributed by atoms with Crippen LogP contribution in [0.15, 0.2) is 0 Å². The normalized spacial score (nSPS) is 46.3. The summed E-state index contributed by atoms with van der Waals surface area (Å²) in [5.74, 6) is 0. The van der Waals surface area contributed by atoms with Gasteiger partial charge in [0.1, 0.15) is 12.2 Å². The Labute approximate surface area is 81.8 Å². The van der Waals surface area contributed by atoms with E-state index in [1.54, 1.807) is 6.92 Å². The van der Waals surface area contributed by atoms with Gasteiger partial charge in [0.25, 0.3) is 0 Å². The molecule has 84 valence electrons. The number of nitrogens with one attached hydrogen (secondary N) is 1. The second-order valence-corrected chi connectivity index (χ2v) is 3.70. The Morgan fingerprint density at radius 1 is 1.14 bits per heavy atom. The van der Waals surface area contributed by atoms with Crippen molar-refractivity contribution in [2.24, 2.45) is 0 Å². The summed E-state index contributed by atoms with van der Waals surface area (Å²) in [5, 5.41) is 49.0. The van der Waals surface area contributed by atoms with E-state index in [9.17, 15) is 20.4 Å². The highest BCUT2D eigenvalue weighted by atomic mass is 16.4. The van der Waals surface area contributed by atoms with Crippen molar-refractivity contribution in [1.29, 1.82) is 0 Å². The van der Waals surface area contributed by atoms with Crippen LogP contribution >= 0.6 is 0 Å². The van der Waals surface area contributed by atoms with E-state index in [1.807, 2.05) is 0 Å². The van der Waals surface area contributed by atoms with Gasteiger partial charge in [-0.05, 0) is 6.92 Å². The predicted molar refractivity (Wildman–Crippen MR) is 47.5 cm³/mol. The molecule has 0 aliphatic carbocycles. The standard InChI is InChI=1S/C8H17NO5/c1-3-6(12)8(14)7(13)5(9-3)4(11)2-10/h3-14H,2H2,1H3/t3-,4-,5+,6+,7+,8+/m1/s1. The molecule has 6 heteroatoms. The van der Waals surface area contributed by atoms with Gasteiger partial charge in [0.15, 0.2) is 0 Å². The molecular weight excluding hydrogens is 190 g/mol. The fraction of sp³-hybridized carbons (Fsp3) is 1.00. The molecule has 1 heterocycles. The van der Waals surface area contributed by atoms with Crippen molar-refractivity contribution in [3.8, 4) is 0 Å². The summed E-state index contributed by atoms with van der Waals surface area (Å²) in [6.45, 7) is 1.11. The molecular formula is C8H17NO5. The lowest BCUT2D eigenvalue weighted by Crippen LogP contribution is -2.67. The summed E-state index contributed by atoms with van der Waals surface area (Å²) in [6.07, 6.45) is -4.83. The smallest absolute Gasteiger partial charge is 0.109 e. The molecule has 14 heavy (non-hydrogen) atoms. The van der Waals surface area contributed by atoms with Gasteiger partial charge in [-0.15, -0.1) is 0 Å². The number of rotatable bonds is 2. The molecule has 1 aliphatic rings. The predicted octanol–water partition coefficient (Wildman–Crippen LogP) is -3.22. The number of hydrogen-bond acceptors (Lipinski definition) is 6.